The van der Waals surface area contributed by atoms with E-state index < -0.39 is 11.6 Å². The van der Waals surface area contributed by atoms with Crippen molar-refractivity contribution < 1.29 is 8.78 Å². The van der Waals surface area contributed by atoms with Gasteiger partial charge in [-0.3, -0.25) is 0 Å². The molecule has 0 aliphatic carbocycles. The molecule has 0 saturated carbocycles. The first-order chi connectivity index (χ1) is 17.1. The van der Waals surface area contributed by atoms with E-state index in [0.29, 0.717) is 23.1 Å². The van der Waals surface area contributed by atoms with Crippen LogP contribution in [0.5, 0.6) is 0 Å². The van der Waals surface area contributed by atoms with Gasteiger partial charge in [0.05, 0.1) is 0 Å². The molecule has 0 radical (unpaired) electrons. The van der Waals surface area contributed by atoms with Gasteiger partial charge in [-0.15, -0.1) is 0 Å². The van der Waals surface area contributed by atoms with E-state index in [1.54, 1.807) is 12.1 Å². The number of rotatable bonds is 15. The Morgan fingerprint density at radius 2 is 0.971 bits per heavy atom. The zero-order chi connectivity index (χ0) is 24.9. The summed E-state index contributed by atoms with van der Waals surface area (Å²) in [6.45, 7) is 4.24. The van der Waals surface area contributed by atoms with Gasteiger partial charge in [-0.05, 0) is 47.1 Å². The third-order valence-corrected chi connectivity index (χ3v) is 6.98. The summed E-state index contributed by atoms with van der Waals surface area (Å²) in [6, 6.07) is 19.9. The minimum Gasteiger partial charge on any atom is -0.203 e. The highest BCUT2D eigenvalue weighted by Crippen LogP contribution is 2.29. The van der Waals surface area contributed by atoms with Crippen LogP contribution in [0, 0.1) is 11.6 Å². The maximum atomic E-state index is 14.6. The Kier molecular flexibility index (Phi) is 11.5. The van der Waals surface area contributed by atoms with Gasteiger partial charge in [0.25, 0.3) is 0 Å². The molecule has 0 unspecified atom stereocenters. The van der Waals surface area contributed by atoms with Crippen LogP contribution < -0.4 is 0 Å². The van der Waals surface area contributed by atoms with E-state index in [0.717, 1.165) is 24.0 Å². The van der Waals surface area contributed by atoms with Crippen LogP contribution in [0.4, 0.5) is 8.78 Å². The Morgan fingerprint density at radius 3 is 1.54 bits per heavy atom. The summed E-state index contributed by atoms with van der Waals surface area (Å²) in [5.74, 6) is -1.47. The Balaban J connectivity index is 1.46. The van der Waals surface area contributed by atoms with Crippen molar-refractivity contribution in [2.75, 3.05) is 0 Å². The molecule has 0 atom stereocenters. The van der Waals surface area contributed by atoms with E-state index in [4.69, 9.17) is 0 Å². The first-order valence-electron chi connectivity index (χ1n) is 13.8. The number of halogens is 2. The Hall–Kier alpha value is -2.48. The molecule has 35 heavy (non-hydrogen) atoms. The summed E-state index contributed by atoms with van der Waals surface area (Å²) in [4.78, 5) is 0. The van der Waals surface area contributed by atoms with E-state index in [2.05, 4.69) is 31.2 Å². The zero-order valence-corrected chi connectivity index (χ0v) is 21.7. The first kappa shape index (κ1) is 27.1. The van der Waals surface area contributed by atoms with Crippen LogP contribution in [-0.4, -0.2) is 0 Å². The van der Waals surface area contributed by atoms with Crippen LogP contribution in [0.15, 0.2) is 60.7 Å². The summed E-state index contributed by atoms with van der Waals surface area (Å²) in [5.41, 5.74) is 5.08. The van der Waals surface area contributed by atoms with Crippen LogP contribution in [0.3, 0.4) is 0 Å². The van der Waals surface area contributed by atoms with Gasteiger partial charge in [-0.2, -0.15) is 0 Å². The molecule has 0 heterocycles. The summed E-state index contributed by atoms with van der Waals surface area (Å²) in [7, 11) is 0. The van der Waals surface area contributed by atoms with E-state index >= 15 is 0 Å². The molecular formula is C33H42F2. The first-order valence-corrected chi connectivity index (χ1v) is 13.8. The molecule has 0 bridgehead atoms. The Labute approximate surface area is 211 Å². The lowest BCUT2D eigenvalue weighted by atomic mass is 9.97. The normalized spacial score (nSPS) is 11.2. The molecule has 3 rings (SSSR count). The fraction of sp³-hybridized carbons (Fsp3) is 0.455. The highest BCUT2D eigenvalue weighted by atomic mass is 19.2. The van der Waals surface area contributed by atoms with Gasteiger partial charge in [0.1, 0.15) is 0 Å². The monoisotopic (exact) mass is 476 g/mol. The van der Waals surface area contributed by atoms with Crippen LogP contribution in [0.1, 0.15) is 95.6 Å². The Bertz CT molecular complexity index is 1000. The lowest BCUT2D eigenvalue weighted by Crippen LogP contribution is -1.97. The van der Waals surface area contributed by atoms with Gasteiger partial charge in [-0.25, -0.2) is 8.78 Å². The molecule has 3 aromatic rings. The van der Waals surface area contributed by atoms with Crippen molar-refractivity contribution in [1.29, 1.82) is 0 Å². The molecule has 188 valence electrons. The average molecular weight is 477 g/mol. The number of hydrogen-bond acceptors (Lipinski definition) is 0. The van der Waals surface area contributed by atoms with Crippen LogP contribution in [-0.2, 0) is 12.8 Å². The largest absolute Gasteiger partial charge is 0.203 e. The molecule has 0 aliphatic rings. The molecule has 0 saturated heterocycles. The topological polar surface area (TPSA) is 0 Å². The minimum atomic E-state index is -0.750. The molecule has 0 N–H and O–H groups in total. The molecule has 3 aromatic carbocycles. The standard InChI is InChI=1S/C33H42F2/c1-3-5-6-7-8-9-10-11-12-13-15-26-16-18-27(19-17-26)28-20-22-29(23-21-28)31-25-24-30(14-4-2)32(34)33(31)35/h16-25H,3-15H2,1-2H3. The molecule has 0 fully saturated rings. The molecule has 0 spiro atoms. The van der Waals surface area contributed by atoms with Crippen molar-refractivity contribution in [1.82, 2.24) is 0 Å². The highest BCUT2D eigenvalue weighted by molar-refractivity contribution is 5.71. The number of unbranched alkanes of at least 4 members (excludes halogenated alkanes) is 9. The Morgan fingerprint density at radius 1 is 0.457 bits per heavy atom. The smallest absolute Gasteiger partial charge is 0.166 e. The van der Waals surface area contributed by atoms with Gasteiger partial charge in [0.15, 0.2) is 11.6 Å². The second-order valence-corrected chi connectivity index (χ2v) is 9.86. The van der Waals surface area contributed by atoms with Crippen LogP contribution >= 0.6 is 0 Å². The lowest BCUT2D eigenvalue weighted by molar-refractivity contribution is 0.500. The number of benzene rings is 3. The van der Waals surface area contributed by atoms with E-state index in [1.165, 1.54) is 69.8 Å². The van der Waals surface area contributed by atoms with E-state index in [-0.39, 0.29) is 0 Å². The van der Waals surface area contributed by atoms with Crippen LogP contribution in [0.2, 0.25) is 0 Å². The SMILES string of the molecule is CCCCCCCCCCCCc1ccc(-c2ccc(-c3ccc(CCC)c(F)c3F)cc2)cc1. The quantitative estimate of drug-likeness (QED) is 0.191. The van der Waals surface area contributed by atoms with Gasteiger partial charge < -0.3 is 0 Å². The molecule has 0 aromatic heterocycles. The van der Waals surface area contributed by atoms with Crippen molar-refractivity contribution in [3.8, 4) is 22.3 Å². The third kappa shape index (κ3) is 8.30. The molecular weight excluding hydrogens is 434 g/mol. The lowest BCUT2D eigenvalue weighted by Gasteiger charge is -2.10. The predicted octanol–water partition coefficient (Wildman–Crippen LogP) is 10.7. The fourth-order valence-corrected chi connectivity index (χ4v) is 4.80. The summed E-state index contributed by atoms with van der Waals surface area (Å²) >= 11 is 0. The second-order valence-electron chi connectivity index (χ2n) is 9.86. The third-order valence-electron chi connectivity index (χ3n) is 6.98. The van der Waals surface area contributed by atoms with Crippen molar-refractivity contribution in [2.45, 2.75) is 97.3 Å². The van der Waals surface area contributed by atoms with Gasteiger partial charge in [-0.1, -0.05) is 139 Å². The summed E-state index contributed by atoms with van der Waals surface area (Å²) in [6.07, 6.45) is 16.1. The zero-order valence-electron chi connectivity index (χ0n) is 21.7. The molecule has 2 heteroatoms. The second kappa shape index (κ2) is 14.8. The van der Waals surface area contributed by atoms with E-state index in [1.807, 2.05) is 31.2 Å². The predicted molar refractivity (Wildman–Crippen MR) is 147 cm³/mol. The van der Waals surface area contributed by atoms with Gasteiger partial charge in [0.2, 0.25) is 0 Å². The van der Waals surface area contributed by atoms with Crippen molar-refractivity contribution in [3.05, 3.63) is 83.4 Å². The average Bonchev–Trinajstić information content (AvgIpc) is 2.89. The summed E-state index contributed by atoms with van der Waals surface area (Å²) < 4.78 is 29.0. The minimum absolute atomic E-state index is 0.320. The fourth-order valence-electron chi connectivity index (χ4n) is 4.80. The molecule has 0 amide bonds. The maximum Gasteiger partial charge on any atom is 0.166 e. The highest BCUT2D eigenvalue weighted by Gasteiger charge is 2.14. The maximum absolute atomic E-state index is 14.6. The van der Waals surface area contributed by atoms with Crippen LogP contribution in [0.25, 0.3) is 22.3 Å². The van der Waals surface area contributed by atoms with Gasteiger partial charge >= 0.3 is 0 Å². The van der Waals surface area contributed by atoms with E-state index in [9.17, 15) is 8.78 Å². The number of hydrogen-bond donors (Lipinski definition) is 0. The molecule has 0 aliphatic heterocycles. The summed E-state index contributed by atoms with van der Waals surface area (Å²) in [5, 5.41) is 0. The molecule has 0 nitrogen and oxygen atoms in total. The van der Waals surface area contributed by atoms with Gasteiger partial charge in [0, 0.05) is 5.56 Å². The number of aryl methyl sites for hydroxylation is 2. The van der Waals surface area contributed by atoms with Crippen molar-refractivity contribution >= 4 is 0 Å². The van der Waals surface area contributed by atoms with Crippen molar-refractivity contribution in [3.63, 3.8) is 0 Å². The van der Waals surface area contributed by atoms with Crippen molar-refractivity contribution in [2.24, 2.45) is 0 Å².